The standard InChI is InChI=1S/C15H14N2O2S2/c1-17-15(19)11-7-3-5-9-13(11)21-20-12-8-4-2-6-10(12)14(16)18/h2-9H,1H3,(H2,16,18)(H,17,19). The van der Waals surface area contributed by atoms with Gasteiger partial charge in [-0.15, -0.1) is 0 Å². The largest absolute Gasteiger partial charge is 0.366 e. The molecule has 0 saturated heterocycles. The number of primary amides is 1. The van der Waals surface area contributed by atoms with Gasteiger partial charge in [-0.25, -0.2) is 0 Å². The van der Waals surface area contributed by atoms with Crippen LogP contribution in [0.5, 0.6) is 0 Å². The van der Waals surface area contributed by atoms with Crippen molar-refractivity contribution in [2.75, 3.05) is 7.05 Å². The lowest BCUT2D eigenvalue weighted by atomic mass is 10.2. The molecule has 2 amide bonds. The smallest absolute Gasteiger partial charge is 0.252 e. The zero-order valence-electron chi connectivity index (χ0n) is 11.3. The fourth-order valence-corrected chi connectivity index (χ4v) is 4.06. The zero-order valence-corrected chi connectivity index (χ0v) is 13.0. The number of hydrogen-bond acceptors (Lipinski definition) is 4. The molecule has 4 nitrogen and oxygen atoms in total. The Morgan fingerprint density at radius 3 is 1.90 bits per heavy atom. The van der Waals surface area contributed by atoms with Gasteiger partial charge in [0.15, 0.2) is 0 Å². The predicted octanol–water partition coefficient (Wildman–Crippen LogP) is 2.94. The average Bonchev–Trinajstić information content (AvgIpc) is 2.52. The minimum Gasteiger partial charge on any atom is -0.366 e. The second kappa shape index (κ2) is 7.19. The second-order valence-corrected chi connectivity index (χ2v) is 6.32. The van der Waals surface area contributed by atoms with Crippen molar-refractivity contribution >= 4 is 33.4 Å². The van der Waals surface area contributed by atoms with E-state index in [0.29, 0.717) is 11.1 Å². The summed E-state index contributed by atoms with van der Waals surface area (Å²) >= 11 is 0. The number of carbonyl (C=O) groups excluding carboxylic acids is 2. The third-order valence-corrected chi connectivity index (χ3v) is 5.21. The Morgan fingerprint density at radius 2 is 1.38 bits per heavy atom. The van der Waals surface area contributed by atoms with Gasteiger partial charge in [0.25, 0.3) is 5.91 Å². The minimum atomic E-state index is -0.460. The molecule has 6 heteroatoms. The maximum absolute atomic E-state index is 11.8. The quantitative estimate of drug-likeness (QED) is 0.831. The molecule has 0 aliphatic rings. The molecule has 2 aromatic rings. The van der Waals surface area contributed by atoms with E-state index < -0.39 is 5.91 Å². The highest BCUT2D eigenvalue weighted by Gasteiger charge is 2.12. The first kappa shape index (κ1) is 15.5. The molecule has 0 aliphatic heterocycles. The normalized spacial score (nSPS) is 10.1. The Hall–Kier alpha value is -1.92. The van der Waals surface area contributed by atoms with Crippen LogP contribution in [-0.4, -0.2) is 18.9 Å². The van der Waals surface area contributed by atoms with Crippen LogP contribution >= 0.6 is 21.6 Å². The third-order valence-electron chi connectivity index (χ3n) is 2.73. The van der Waals surface area contributed by atoms with E-state index in [1.807, 2.05) is 30.3 Å². The van der Waals surface area contributed by atoms with E-state index in [1.165, 1.54) is 21.6 Å². The van der Waals surface area contributed by atoms with Gasteiger partial charge in [0.2, 0.25) is 5.91 Å². The van der Waals surface area contributed by atoms with Gasteiger partial charge in [0.1, 0.15) is 0 Å². The van der Waals surface area contributed by atoms with Crippen molar-refractivity contribution in [2.24, 2.45) is 5.73 Å². The zero-order chi connectivity index (χ0) is 15.2. The number of amides is 2. The van der Waals surface area contributed by atoms with Crippen LogP contribution in [0.15, 0.2) is 58.3 Å². The summed E-state index contributed by atoms with van der Waals surface area (Å²) in [6, 6.07) is 14.5. The SMILES string of the molecule is CNC(=O)c1ccccc1SSc1ccccc1C(N)=O. The number of carbonyl (C=O) groups is 2. The fourth-order valence-electron chi connectivity index (χ4n) is 1.69. The first-order valence-corrected chi connectivity index (χ1v) is 8.33. The molecule has 0 unspecified atom stereocenters. The summed E-state index contributed by atoms with van der Waals surface area (Å²) in [5.74, 6) is -0.597. The van der Waals surface area contributed by atoms with Gasteiger partial charge < -0.3 is 11.1 Å². The highest BCUT2D eigenvalue weighted by molar-refractivity contribution is 8.76. The Bertz CT molecular complexity index is 674. The van der Waals surface area contributed by atoms with Gasteiger partial charge in [0, 0.05) is 16.8 Å². The summed E-state index contributed by atoms with van der Waals surface area (Å²) in [6.45, 7) is 0. The fraction of sp³-hybridized carbons (Fsp3) is 0.0667. The van der Waals surface area contributed by atoms with E-state index in [1.54, 1.807) is 25.2 Å². The van der Waals surface area contributed by atoms with Crippen molar-refractivity contribution in [1.82, 2.24) is 5.32 Å². The predicted molar refractivity (Wildman–Crippen MR) is 86.5 cm³/mol. The lowest BCUT2D eigenvalue weighted by Crippen LogP contribution is -2.18. The number of nitrogens with two attached hydrogens (primary N) is 1. The highest BCUT2D eigenvalue weighted by Crippen LogP contribution is 2.40. The Morgan fingerprint density at radius 1 is 0.905 bits per heavy atom. The molecule has 2 rings (SSSR count). The summed E-state index contributed by atoms with van der Waals surface area (Å²) in [6.07, 6.45) is 0. The van der Waals surface area contributed by atoms with Gasteiger partial charge in [0.05, 0.1) is 11.1 Å². The summed E-state index contributed by atoms with van der Waals surface area (Å²) in [4.78, 5) is 24.8. The summed E-state index contributed by atoms with van der Waals surface area (Å²) in [7, 11) is 4.43. The monoisotopic (exact) mass is 318 g/mol. The number of nitrogens with one attached hydrogen (secondary N) is 1. The molecule has 0 spiro atoms. The van der Waals surface area contributed by atoms with Crippen LogP contribution in [0.4, 0.5) is 0 Å². The van der Waals surface area contributed by atoms with Crippen LogP contribution in [0, 0.1) is 0 Å². The number of benzene rings is 2. The summed E-state index contributed by atoms with van der Waals surface area (Å²) < 4.78 is 0. The van der Waals surface area contributed by atoms with Crippen LogP contribution in [0.3, 0.4) is 0 Å². The van der Waals surface area contributed by atoms with E-state index in [4.69, 9.17) is 5.73 Å². The van der Waals surface area contributed by atoms with Crippen LogP contribution in [-0.2, 0) is 0 Å². The molecule has 3 N–H and O–H groups in total. The van der Waals surface area contributed by atoms with E-state index in [-0.39, 0.29) is 5.91 Å². The lowest BCUT2D eigenvalue weighted by Gasteiger charge is -2.08. The van der Waals surface area contributed by atoms with E-state index in [9.17, 15) is 9.59 Å². The molecule has 0 aliphatic carbocycles. The van der Waals surface area contributed by atoms with E-state index in [0.717, 1.165) is 9.79 Å². The highest BCUT2D eigenvalue weighted by atomic mass is 33.1. The van der Waals surface area contributed by atoms with E-state index >= 15 is 0 Å². The summed E-state index contributed by atoms with van der Waals surface area (Å²) in [5, 5.41) is 2.61. The molecule has 0 heterocycles. The average molecular weight is 318 g/mol. The molecule has 21 heavy (non-hydrogen) atoms. The van der Waals surface area contributed by atoms with Gasteiger partial charge in [-0.3, -0.25) is 9.59 Å². The first-order chi connectivity index (χ1) is 10.1. The summed E-state index contributed by atoms with van der Waals surface area (Å²) in [5.41, 5.74) is 6.44. The van der Waals surface area contributed by atoms with E-state index in [2.05, 4.69) is 5.32 Å². The molecule has 0 bridgehead atoms. The molecule has 108 valence electrons. The maximum Gasteiger partial charge on any atom is 0.252 e. The molecule has 0 fully saturated rings. The molecule has 0 saturated carbocycles. The van der Waals surface area contributed by atoms with Crippen molar-refractivity contribution in [3.63, 3.8) is 0 Å². The van der Waals surface area contributed by atoms with Gasteiger partial charge in [-0.2, -0.15) is 0 Å². The molecule has 0 aromatic heterocycles. The maximum atomic E-state index is 11.8. The molecule has 2 aromatic carbocycles. The van der Waals surface area contributed by atoms with Crippen LogP contribution in [0.1, 0.15) is 20.7 Å². The molecular weight excluding hydrogens is 304 g/mol. The topological polar surface area (TPSA) is 72.2 Å². The number of hydrogen-bond donors (Lipinski definition) is 2. The second-order valence-electron chi connectivity index (χ2n) is 4.10. The van der Waals surface area contributed by atoms with Crippen LogP contribution < -0.4 is 11.1 Å². The molecule has 0 atom stereocenters. The van der Waals surface area contributed by atoms with Crippen molar-refractivity contribution in [3.8, 4) is 0 Å². The Kier molecular flexibility index (Phi) is 5.30. The van der Waals surface area contributed by atoms with Crippen molar-refractivity contribution < 1.29 is 9.59 Å². The van der Waals surface area contributed by atoms with Crippen molar-refractivity contribution in [3.05, 3.63) is 59.7 Å². The lowest BCUT2D eigenvalue weighted by molar-refractivity contribution is 0.0958. The molecular formula is C15H14N2O2S2. The van der Waals surface area contributed by atoms with Crippen LogP contribution in [0.25, 0.3) is 0 Å². The van der Waals surface area contributed by atoms with Crippen molar-refractivity contribution in [1.29, 1.82) is 0 Å². The Balaban J connectivity index is 2.21. The van der Waals surface area contributed by atoms with Crippen molar-refractivity contribution in [2.45, 2.75) is 9.79 Å². The van der Waals surface area contributed by atoms with Gasteiger partial charge in [-0.05, 0) is 24.3 Å². The number of rotatable bonds is 5. The van der Waals surface area contributed by atoms with Gasteiger partial charge >= 0.3 is 0 Å². The first-order valence-electron chi connectivity index (χ1n) is 6.18. The van der Waals surface area contributed by atoms with Gasteiger partial charge in [-0.1, -0.05) is 45.9 Å². The Labute approximate surface area is 130 Å². The molecule has 0 radical (unpaired) electrons. The minimum absolute atomic E-state index is 0.137. The van der Waals surface area contributed by atoms with Crippen LogP contribution in [0.2, 0.25) is 0 Å². The third kappa shape index (κ3) is 3.80.